The fourth-order valence-electron chi connectivity index (χ4n) is 1.87. The molecule has 0 unspecified atom stereocenters. The van der Waals surface area contributed by atoms with Gasteiger partial charge in [-0.3, -0.25) is 19.8 Å². The average molecular weight is 335 g/mol. The molecule has 1 N–H and O–H groups in total. The summed E-state index contributed by atoms with van der Waals surface area (Å²) in [4.78, 5) is 24.2. The van der Waals surface area contributed by atoms with E-state index in [0.717, 1.165) is 15.6 Å². The molecule has 6 nitrogen and oxygen atoms in total. The van der Waals surface area contributed by atoms with Crippen molar-refractivity contribution in [3.8, 4) is 0 Å². The average Bonchev–Trinajstić information content (AvgIpc) is 2.90. The molecular weight excluding hydrogens is 321 g/mol. The Hall–Kier alpha value is -2.74. The number of aromatic nitrogens is 1. The molecular formula is C15H14FN3O3S. The number of nitrogens with one attached hydrogen (secondary N) is 1. The van der Waals surface area contributed by atoms with Crippen LogP contribution in [0.3, 0.4) is 0 Å². The molecule has 0 radical (unpaired) electrons. The highest BCUT2D eigenvalue weighted by Gasteiger charge is 2.20. The van der Waals surface area contributed by atoms with E-state index in [9.17, 15) is 14.0 Å². The maximum absolute atomic E-state index is 13.8. The first-order chi connectivity index (χ1) is 11.1. The molecule has 1 aromatic carbocycles. The molecule has 1 heterocycles. The molecule has 23 heavy (non-hydrogen) atoms. The normalized spacial score (nSPS) is 10.0. The quantitative estimate of drug-likeness (QED) is 0.516. The predicted octanol–water partition coefficient (Wildman–Crippen LogP) is 2.30. The number of nitrogens with zero attached hydrogens (tertiary/aromatic N) is 2. The van der Waals surface area contributed by atoms with Crippen LogP contribution in [0.1, 0.15) is 17.4 Å². The van der Waals surface area contributed by atoms with Gasteiger partial charge in [-0.25, -0.2) is 9.18 Å². The molecule has 1 aromatic heterocycles. The van der Waals surface area contributed by atoms with Crippen molar-refractivity contribution in [1.29, 1.82) is 0 Å². The molecule has 120 valence electrons. The van der Waals surface area contributed by atoms with Gasteiger partial charge in [0.05, 0.1) is 12.3 Å². The Labute approximate surface area is 137 Å². The number of hydrogen-bond donors (Lipinski definition) is 1. The molecule has 0 atom stereocenters. The lowest BCUT2D eigenvalue weighted by molar-refractivity contribution is -0.106. The highest BCUT2D eigenvalue weighted by molar-refractivity contribution is 7.80. The van der Waals surface area contributed by atoms with Gasteiger partial charge >= 0.3 is 5.97 Å². The second-order valence-corrected chi connectivity index (χ2v) is 4.72. The second-order valence-electron chi connectivity index (χ2n) is 4.33. The van der Waals surface area contributed by atoms with E-state index in [-0.39, 0.29) is 17.4 Å². The van der Waals surface area contributed by atoms with Crippen LogP contribution in [-0.2, 0) is 9.53 Å². The molecule has 2 aromatic rings. The van der Waals surface area contributed by atoms with Crippen molar-refractivity contribution in [2.45, 2.75) is 6.92 Å². The van der Waals surface area contributed by atoms with Crippen molar-refractivity contribution >= 4 is 35.4 Å². The van der Waals surface area contributed by atoms with Crippen LogP contribution in [0.4, 0.5) is 10.1 Å². The van der Waals surface area contributed by atoms with E-state index in [1.165, 1.54) is 6.20 Å². The number of ether oxygens (including phenoxy) is 1. The smallest absolute Gasteiger partial charge is 0.359 e. The summed E-state index contributed by atoms with van der Waals surface area (Å²) < 4.78 is 19.6. The van der Waals surface area contributed by atoms with Gasteiger partial charge < -0.3 is 4.74 Å². The molecule has 0 aliphatic carbocycles. The lowest BCUT2D eigenvalue weighted by Crippen LogP contribution is -2.38. The minimum atomic E-state index is -0.831. The molecule has 0 aliphatic rings. The Bertz CT molecular complexity index is 718. The minimum Gasteiger partial charge on any atom is -0.461 e. The van der Waals surface area contributed by atoms with E-state index in [2.05, 4.69) is 5.43 Å². The van der Waals surface area contributed by atoms with Crippen LogP contribution in [0.15, 0.2) is 42.6 Å². The van der Waals surface area contributed by atoms with Gasteiger partial charge in [0, 0.05) is 6.20 Å². The van der Waals surface area contributed by atoms with Gasteiger partial charge in [0.1, 0.15) is 0 Å². The summed E-state index contributed by atoms with van der Waals surface area (Å²) >= 11 is 5.15. The SMILES string of the molecule is CCOC(=O)c1c(F)ccn1NC(=S)N(C=O)c1ccccc1. The largest absolute Gasteiger partial charge is 0.461 e. The molecule has 8 heteroatoms. The van der Waals surface area contributed by atoms with E-state index in [4.69, 9.17) is 17.0 Å². The first kappa shape index (κ1) is 16.6. The summed E-state index contributed by atoms with van der Waals surface area (Å²) in [6, 6.07) is 9.75. The summed E-state index contributed by atoms with van der Waals surface area (Å²) in [6.07, 6.45) is 1.80. The van der Waals surface area contributed by atoms with E-state index in [1.807, 2.05) is 0 Å². The Morgan fingerprint density at radius 2 is 2.09 bits per heavy atom. The first-order valence-electron chi connectivity index (χ1n) is 6.73. The number of carbonyl (C=O) groups is 2. The highest BCUT2D eigenvalue weighted by Crippen LogP contribution is 2.13. The zero-order valence-electron chi connectivity index (χ0n) is 12.2. The number of carbonyl (C=O) groups excluding carboxylic acids is 2. The van der Waals surface area contributed by atoms with Crippen LogP contribution in [0.5, 0.6) is 0 Å². The van der Waals surface area contributed by atoms with Crippen molar-refractivity contribution < 1.29 is 18.7 Å². The fourth-order valence-corrected chi connectivity index (χ4v) is 2.12. The third-order valence-electron chi connectivity index (χ3n) is 2.88. The zero-order valence-corrected chi connectivity index (χ0v) is 13.0. The standard InChI is InChI=1S/C15H14FN3O3S/c1-2-22-14(21)13-12(16)8-9-19(13)17-15(23)18(10-20)11-6-4-3-5-7-11/h3-10H,2H2,1H3,(H,17,23). The maximum Gasteiger partial charge on any atom is 0.359 e. The molecule has 0 saturated carbocycles. The Morgan fingerprint density at radius 3 is 2.70 bits per heavy atom. The van der Waals surface area contributed by atoms with Crippen LogP contribution >= 0.6 is 12.2 Å². The predicted molar refractivity (Wildman–Crippen MR) is 87.3 cm³/mol. The van der Waals surface area contributed by atoms with Crippen molar-refractivity contribution in [2.24, 2.45) is 0 Å². The van der Waals surface area contributed by atoms with Gasteiger partial charge in [-0.15, -0.1) is 0 Å². The van der Waals surface area contributed by atoms with Crippen LogP contribution < -0.4 is 10.3 Å². The maximum atomic E-state index is 13.8. The van der Waals surface area contributed by atoms with Gasteiger partial charge in [-0.1, -0.05) is 18.2 Å². The van der Waals surface area contributed by atoms with Gasteiger partial charge in [0.2, 0.25) is 6.41 Å². The van der Waals surface area contributed by atoms with Gasteiger partial charge in [0.25, 0.3) is 0 Å². The molecule has 0 fully saturated rings. The molecule has 2 rings (SSSR count). The topological polar surface area (TPSA) is 63.6 Å². The number of hydrogen-bond acceptors (Lipinski definition) is 4. The number of rotatable bonds is 5. The zero-order chi connectivity index (χ0) is 16.8. The van der Waals surface area contributed by atoms with E-state index in [0.29, 0.717) is 12.1 Å². The molecule has 1 amide bonds. The van der Waals surface area contributed by atoms with E-state index >= 15 is 0 Å². The number of anilines is 1. The second kappa shape index (κ2) is 7.50. The van der Waals surface area contributed by atoms with Gasteiger partial charge in [-0.05, 0) is 37.3 Å². The summed E-state index contributed by atoms with van der Waals surface area (Å²) in [5.41, 5.74) is 2.83. The van der Waals surface area contributed by atoms with E-state index < -0.39 is 11.8 Å². The van der Waals surface area contributed by atoms with Gasteiger partial charge in [0.15, 0.2) is 16.6 Å². The summed E-state index contributed by atoms with van der Waals surface area (Å²) in [6.45, 7) is 1.73. The highest BCUT2D eigenvalue weighted by atomic mass is 32.1. The molecule has 0 saturated heterocycles. The van der Waals surface area contributed by atoms with Crippen molar-refractivity contribution in [3.63, 3.8) is 0 Å². The Morgan fingerprint density at radius 1 is 1.39 bits per heavy atom. The number of halogens is 1. The molecule has 0 bridgehead atoms. The van der Waals surface area contributed by atoms with Crippen molar-refractivity contribution in [1.82, 2.24) is 4.68 Å². The third-order valence-corrected chi connectivity index (χ3v) is 3.17. The van der Waals surface area contributed by atoms with Crippen LogP contribution in [0.25, 0.3) is 0 Å². The monoisotopic (exact) mass is 335 g/mol. The van der Waals surface area contributed by atoms with Crippen LogP contribution in [0.2, 0.25) is 0 Å². The number of benzene rings is 1. The fraction of sp³-hybridized carbons (Fsp3) is 0.133. The minimum absolute atomic E-state index is 0.0210. The van der Waals surface area contributed by atoms with Crippen molar-refractivity contribution in [3.05, 3.63) is 54.1 Å². The number of esters is 1. The number of thiocarbonyl (C=S) groups is 1. The Balaban J connectivity index is 2.23. The van der Waals surface area contributed by atoms with Gasteiger partial charge in [-0.2, -0.15) is 0 Å². The summed E-state index contributed by atoms with van der Waals surface area (Å²) in [7, 11) is 0. The lowest BCUT2D eigenvalue weighted by atomic mass is 10.3. The number of amides is 1. The lowest BCUT2D eigenvalue weighted by Gasteiger charge is -2.20. The molecule has 0 spiro atoms. The van der Waals surface area contributed by atoms with Crippen LogP contribution in [-0.4, -0.2) is 28.8 Å². The van der Waals surface area contributed by atoms with Crippen LogP contribution in [0, 0.1) is 5.82 Å². The third kappa shape index (κ3) is 3.72. The van der Waals surface area contributed by atoms with E-state index in [1.54, 1.807) is 37.3 Å². The summed E-state index contributed by atoms with van der Waals surface area (Å²) in [5, 5.41) is -0.0210. The Kier molecular flexibility index (Phi) is 5.42. The summed E-state index contributed by atoms with van der Waals surface area (Å²) in [5.74, 6) is -1.58. The number of para-hydroxylation sites is 1. The van der Waals surface area contributed by atoms with Crippen molar-refractivity contribution in [2.75, 3.05) is 16.9 Å². The molecule has 0 aliphatic heterocycles. The first-order valence-corrected chi connectivity index (χ1v) is 7.13.